The maximum absolute atomic E-state index is 2.68. The molecular formula is C19H39. The summed E-state index contributed by atoms with van der Waals surface area (Å²) in [5.74, 6) is 1.72. The standard InChI is InChI=1S/C19H39/c1-5-8-10-11-13-16-19(14-7-3)17-18(4)15-12-9-6-2/h17-19H,5-16H2,1-4H3. The van der Waals surface area contributed by atoms with Gasteiger partial charge in [0.25, 0.3) is 0 Å². The van der Waals surface area contributed by atoms with Gasteiger partial charge in [-0.25, -0.2) is 0 Å². The average Bonchev–Trinajstić information content (AvgIpc) is 2.39. The van der Waals surface area contributed by atoms with Gasteiger partial charge in [-0.1, -0.05) is 105 Å². The van der Waals surface area contributed by atoms with Crippen LogP contribution < -0.4 is 0 Å². The lowest BCUT2D eigenvalue weighted by Gasteiger charge is -2.20. The summed E-state index contributed by atoms with van der Waals surface area (Å²) in [5, 5.41) is 0. The number of hydrogen-bond acceptors (Lipinski definition) is 0. The van der Waals surface area contributed by atoms with E-state index in [0.717, 1.165) is 11.8 Å². The lowest BCUT2D eigenvalue weighted by atomic mass is 9.86. The van der Waals surface area contributed by atoms with Crippen LogP contribution in [-0.2, 0) is 0 Å². The summed E-state index contributed by atoms with van der Waals surface area (Å²) in [6.45, 7) is 9.35. The lowest BCUT2D eigenvalue weighted by molar-refractivity contribution is 0.410. The summed E-state index contributed by atoms with van der Waals surface area (Å²) in [6, 6.07) is 0. The Labute approximate surface area is 123 Å². The van der Waals surface area contributed by atoms with Gasteiger partial charge in [-0.05, 0) is 18.3 Å². The predicted octanol–water partition coefficient (Wildman–Crippen LogP) is 7.18. The fourth-order valence-electron chi connectivity index (χ4n) is 2.99. The second kappa shape index (κ2) is 14.4. The molecular weight excluding hydrogens is 228 g/mol. The highest BCUT2D eigenvalue weighted by atomic mass is 14.2. The minimum absolute atomic E-state index is 0.832. The molecule has 0 saturated heterocycles. The van der Waals surface area contributed by atoms with Gasteiger partial charge >= 0.3 is 0 Å². The first kappa shape index (κ1) is 19.0. The number of unbranched alkanes of at least 4 members (excludes halogenated alkanes) is 6. The van der Waals surface area contributed by atoms with Crippen molar-refractivity contribution in [1.82, 2.24) is 0 Å². The van der Waals surface area contributed by atoms with Crippen LogP contribution in [0.15, 0.2) is 0 Å². The molecule has 0 aromatic heterocycles. The molecule has 0 aromatic rings. The first-order valence-electron chi connectivity index (χ1n) is 9.09. The second-order valence-corrected chi connectivity index (χ2v) is 6.42. The fraction of sp³-hybridized carbons (Fsp3) is 0.947. The zero-order valence-electron chi connectivity index (χ0n) is 14.2. The normalized spacial score (nSPS) is 14.5. The summed E-state index contributed by atoms with van der Waals surface area (Å²) in [6.07, 6.45) is 19.6. The van der Waals surface area contributed by atoms with E-state index in [4.69, 9.17) is 0 Å². The highest BCUT2D eigenvalue weighted by Crippen LogP contribution is 2.25. The monoisotopic (exact) mass is 267 g/mol. The molecule has 0 fully saturated rings. The van der Waals surface area contributed by atoms with E-state index in [1.807, 2.05) is 0 Å². The third kappa shape index (κ3) is 12.8. The fourth-order valence-corrected chi connectivity index (χ4v) is 2.99. The highest BCUT2D eigenvalue weighted by molar-refractivity contribution is 4.81. The molecule has 0 N–H and O–H groups in total. The average molecular weight is 268 g/mol. The van der Waals surface area contributed by atoms with Crippen LogP contribution in [0, 0.1) is 18.3 Å². The summed E-state index contributed by atoms with van der Waals surface area (Å²) >= 11 is 0. The molecule has 0 spiro atoms. The van der Waals surface area contributed by atoms with Gasteiger partial charge in [0, 0.05) is 0 Å². The minimum Gasteiger partial charge on any atom is -0.0654 e. The first-order chi connectivity index (χ1) is 9.24. The van der Waals surface area contributed by atoms with Gasteiger partial charge in [-0.3, -0.25) is 0 Å². The van der Waals surface area contributed by atoms with Gasteiger partial charge in [0.05, 0.1) is 0 Å². The number of hydrogen-bond donors (Lipinski definition) is 0. The van der Waals surface area contributed by atoms with Crippen LogP contribution in [0.2, 0.25) is 0 Å². The van der Waals surface area contributed by atoms with Gasteiger partial charge < -0.3 is 0 Å². The molecule has 0 bridgehead atoms. The molecule has 0 aliphatic heterocycles. The maximum Gasteiger partial charge on any atom is -0.0326 e. The van der Waals surface area contributed by atoms with Gasteiger partial charge in [0.2, 0.25) is 0 Å². The molecule has 0 heteroatoms. The van der Waals surface area contributed by atoms with Crippen LogP contribution in [0.1, 0.15) is 105 Å². The molecule has 0 rings (SSSR count). The van der Waals surface area contributed by atoms with Crippen molar-refractivity contribution in [3.05, 3.63) is 6.42 Å². The van der Waals surface area contributed by atoms with E-state index < -0.39 is 0 Å². The third-order valence-electron chi connectivity index (χ3n) is 4.20. The SMILES string of the molecule is CCCCCCCC([CH]C(C)CCCCC)CCC. The molecule has 2 unspecified atom stereocenters. The number of rotatable bonds is 14. The second-order valence-electron chi connectivity index (χ2n) is 6.42. The molecule has 0 nitrogen and oxygen atoms in total. The third-order valence-corrected chi connectivity index (χ3v) is 4.20. The van der Waals surface area contributed by atoms with Crippen molar-refractivity contribution in [2.75, 3.05) is 0 Å². The Bertz CT molecular complexity index is 161. The Morgan fingerprint density at radius 1 is 0.632 bits per heavy atom. The van der Waals surface area contributed by atoms with Crippen molar-refractivity contribution in [2.24, 2.45) is 11.8 Å². The van der Waals surface area contributed by atoms with Crippen molar-refractivity contribution < 1.29 is 0 Å². The van der Waals surface area contributed by atoms with Crippen LogP contribution in [0.3, 0.4) is 0 Å². The van der Waals surface area contributed by atoms with Crippen LogP contribution >= 0.6 is 0 Å². The predicted molar refractivity (Wildman–Crippen MR) is 89.4 cm³/mol. The topological polar surface area (TPSA) is 0 Å². The largest absolute Gasteiger partial charge is 0.0654 e. The molecule has 19 heavy (non-hydrogen) atoms. The molecule has 0 amide bonds. The van der Waals surface area contributed by atoms with Crippen molar-refractivity contribution >= 4 is 0 Å². The Morgan fingerprint density at radius 3 is 1.84 bits per heavy atom. The quantitative estimate of drug-likeness (QED) is 0.292. The van der Waals surface area contributed by atoms with Crippen LogP contribution in [-0.4, -0.2) is 0 Å². The van der Waals surface area contributed by atoms with Crippen LogP contribution in [0.4, 0.5) is 0 Å². The van der Waals surface area contributed by atoms with Crippen LogP contribution in [0.25, 0.3) is 0 Å². The Kier molecular flexibility index (Phi) is 14.4. The molecule has 0 heterocycles. The highest BCUT2D eigenvalue weighted by Gasteiger charge is 2.12. The molecule has 115 valence electrons. The lowest BCUT2D eigenvalue weighted by Crippen LogP contribution is -2.08. The molecule has 0 aromatic carbocycles. The smallest absolute Gasteiger partial charge is 0.0326 e. The van der Waals surface area contributed by atoms with Crippen molar-refractivity contribution in [3.63, 3.8) is 0 Å². The van der Waals surface area contributed by atoms with Crippen molar-refractivity contribution in [2.45, 2.75) is 105 Å². The summed E-state index contributed by atoms with van der Waals surface area (Å²) in [7, 11) is 0. The van der Waals surface area contributed by atoms with Crippen molar-refractivity contribution in [1.29, 1.82) is 0 Å². The summed E-state index contributed by atoms with van der Waals surface area (Å²) in [5.41, 5.74) is 0. The van der Waals surface area contributed by atoms with Crippen LogP contribution in [0.5, 0.6) is 0 Å². The maximum atomic E-state index is 2.68. The molecule has 0 saturated carbocycles. The van der Waals surface area contributed by atoms with E-state index in [-0.39, 0.29) is 0 Å². The van der Waals surface area contributed by atoms with Gasteiger partial charge in [0.15, 0.2) is 0 Å². The van der Waals surface area contributed by atoms with Gasteiger partial charge in [-0.15, -0.1) is 0 Å². The van der Waals surface area contributed by atoms with E-state index in [0.29, 0.717) is 0 Å². The summed E-state index contributed by atoms with van der Waals surface area (Å²) in [4.78, 5) is 0. The zero-order chi connectivity index (χ0) is 14.3. The summed E-state index contributed by atoms with van der Waals surface area (Å²) < 4.78 is 0. The zero-order valence-corrected chi connectivity index (χ0v) is 14.2. The van der Waals surface area contributed by atoms with E-state index in [1.165, 1.54) is 77.0 Å². The van der Waals surface area contributed by atoms with E-state index in [2.05, 4.69) is 34.1 Å². The Hall–Kier alpha value is 0. The molecule has 1 radical (unpaired) electrons. The van der Waals surface area contributed by atoms with E-state index in [9.17, 15) is 0 Å². The van der Waals surface area contributed by atoms with E-state index in [1.54, 1.807) is 0 Å². The van der Waals surface area contributed by atoms with Crippen molar-refractivity contribution in [3.8, 4) is 0 Å². The molecule has 0 aliphatic rings. The Morgan fingerprint density at radius 2 is 1.21 bits per heavy atom. The van der Waals surface area contributed by atoms with Gasteiger partial charge in [-0.2, -0.15) is 0 Å². The minimum atomic E-state index is 0.832. The Balaban J connectivity index is 3.70. The first-order valence-corrected chi connectivity index (χ1v) is 9.09. The molecule has 0 aliphatic carbocycles. The van der Waals surface area contributed by atoms with Gasteiger partial charge in [0.1, 0.15) is 0 Å². The van der Waals surface area contributed by atoms with E-state index >= 15 is 0 Å². The molecule has 2 atom stereocenters.